The summed E-state index contributed by atoms with van der Waals surface area (Å²) in [6.07, 6.45) is 27.5. The highest BCUT2D eigenvalue weighted by molar-refractivity contribution is 5.24. The predicted octanol–water partition coefficient (Wildman–Crippen LogP) is 9.94. The van der Waals surface area contributed by atoms with Crippen LogP contribution < -0.4 is 0 Å². The molecule has 0 aromatic carbocycles. The maximum atomic E-state index is 4.28. The third-order valence-corrected chi connectivity index (χ3v) is 5.66. The number of rotatable bonds is 21. The fraction of sp³-hybridized carbons (Fsp3) is 0.846. The van der Waals surface area contributed by atoms with Crippen LogP contribution in [0.25, 0.3) is 0 Å². The molecule has 0 spiro atoms. The Morgan fingerprint density at radius 1 is 0.385 bits per heavy atom. The topological polar surface area (TPSA) is 0 Å². The zero-order chi connectivity index (χ0) is 19.3. The van der Waals surface area contributed by atoms with Crippen molar-refractivity contribution in [2.75, 3.05) is 0 Å². The van der Waals surface area contributed by atoms with Crippen molar-refractivity contribution < 1.29 is 0 Å². The third-order valence-electron chi connectivity index (χ3n) is 5.66. The molecule has 0 bridgehead atoms. The van der Waals surface area contributed by atoms with Gasteiger partial charge in [-0.05, 0) is 25.7 Å². The first-order valence-corrected chi connectivity index (χ1v) is 12.1. The van der Waals surface area contributed by atoms with Crippen LogP contribution in [0.15, 0.2) is 24.3 Å². The number of allylic oxidation sites excluding steroid dienone is 2. The lowest BCUT2D eigenvalue weighted by molar-refractivity contribution is 0.560. The van der Waals surface area contributed by atoms with Gasteiger partial charge in [0, 0.05) is 0 Å². The Morgan fingerprint density at radius 2 is 0.615 bits per heavy atom. The molecule has 26 heavy (non-hydrogen) atoms. The minimum absolute atomic E-state index is 1.17. The van der Waals surface area contributed by atoms with Crippen molar-refractivity contribution in [3.63, 3.8) is 0 Å². The van der Waals surface area contributed by atoms with Crippen molar-refractivity contribution in [3.8, 4) is 0 Å². The van der Waals surface area contributed by atoms with Gasteiger partial charge in [0.15, 0.2) is 0 Å². The van der Waals surface area contributed by atoms with Crippen molar-refractivity contribution in [3.05, 3.63) is 24.3 Å². The first-order valence-electron chi connectivity index (χ1n) is 12.1. The SMILES string of the molecule is C=C(CCCCCCCCCCC)C(=C)CCCCCCCCCCC. The highest BCUT2D eigenvalue weighted by atomic mass is 14.1. The molecule has 0 aliphatic rings. The summed E-state index contributed by atoms with van der Waals surface area (Å²) in [6.45, 7) is 13.1. The van der Waals surface area contributed by atoms with Crippen LogP contribution in [0.3, 0.4) is 0 Å². The highest BCUT2D eigenvalue weighted by Crippen LogP contribution is 2.21. The fourth-order valence-electron chi connectivity index (χ4n) is 3.65. The van der Waals surface area contributed by atoms with Gasteiger partial charge in [-0.3, -0.25) is 0 Å². The second-order valence-electron chi connectivity index (χ2n) is 8.36. The molecule has 0 atom stereocenters. The minimum atomic E-state index is 1.17. The van der Waals surface area contributed by atoms with E-state index in [1.165, 1.54) is 140 Å². The van der Waals surface area contributed by atoms with Crippen LogP contribution in [0.2, 0.25) is 0 Å². The molecule has 0 aromatic rings. The second-order valence-corrected chi connectivity index (χ2v) is 8.36. The molecule has 0 aromatic heterocycles. The molecular weight excluding hydrogens is 312 g/mol. The van der Waals surface area contributed by atoms with Crippen molar-refractivity contribution >= 4 is 0 Å². The van der Waals surface area contributed by atoms with Gasteiger partial charge in [0.05, 0.1) is 0 Å². The Bertz CT molecular complexity index is 280. The van der Waals surface area contributed by atoms with E-state index in [1.807, 2.05) is 0 Å². The van der Waals surface area contributed by atoms with E-state index in [4.69, 9.17) is 0 Å². The maximum Gasteiger partial charge on any atom is -0.0282 e. The Kier molecular flexibility index (Phi) is 20.4. The minimum Gasteiger partial charge on any atom is -0.0956 e. The monoisotopic (exact) mass is 362 g/mol. The second kappa shape index (κ2) is 20.8. The van der Waals surface area contributed by atoms with Gasteiger partial charge in [-0.15, -0.1) is 0 Å². The summed E-state index contributed by atoms with van der Waals surface area (Å²) in [5, 5.41) is 0. The van der Waals surface area contributed by atoms with Crippen molar-refractivity contribution in [1.29, 1.82) is 0 Å². The molecule has 0 saturated carbocycles. The summed E-state index contributed by atoms with van der Waals surface area (Å²) in [7, 11) is 0. The van der Waals surface area contributed by atoms with Crippen LogP contribution in [0.5, 0.6) is 0 Å². The molecule has 0 amide bonds. The molecule has 0 heterocycles. The van der Waals surface area contributed by atoms with E-state index in [0.717, 1.165) is 0 Å². The Morgan fingerprint density at radius 3 is 0.885 bits per heavy atom. The summed E-state index contributed by atoms with van der Waals surface area (Å²) in [5.74, 6) is 0. The molecule has 154 valence electrons. The van der Waals surface area contributed by atoms with Crippen LogP contribution in [-0.4, -0.2) is 0 Å². The van der Waals surface area contributed by atoms with Crippen LogP contribution in [-0.2, 0) is 0 Å². The molecule has 0 heteroatoms. The molecule has 0 aliphatic heterocycles. The number of hydrogen-bond donors (Lipinski definition) is 0. The lowest BCUT2D eigenvalue weighted by Gasteiger charge is -2.09. The summed E-state index contributed by atoms with van der Waals surface area (Å²) < 4.78 is 0. The van der Waals surface area contributed by atoms with E-state index in [-0.39, 0.29) is 0 Å². The van der Waals surface area contributed by atoms with Crippen LogP contribution in [0, 0.1) is 0 Å². The molecule has 0 fully saturated rings. The van der Waals surface area contributed by atoms with Gasteiger partial charge < -0.3 is 0 Å². The standard InChI is InChI=1S/C26H50/c1-5-7-9-11-13-15-17-19-21-23-25(3)26(4)24-22-20-18-16-14-12-10-8-6-2/h3-24H2,1-2H3. The van der Waals surface area contributed by atoms with E-state index in [9.17, 15) is 0 Å². The number of hydrogen-bond acceptors (Lipinski definition) is 0. The van der Waals surface area contributed by atoms with Gasteiger partial charge in [0.25, 0.3) is 0 Å². The van der Waals surface area contributed by atoms with Crippen molar-refractivity contribution in [2.45, 2.75) is 142 Å². The molecule has 0 radical (unpaired) electrons. The van der Waals surface area contributed by atoms with E-state index in [2.05, 4.69) is 27.0 Å². The third kappa shape index (κ3) is 18.3. The van der Waals surface area contributed by atoms with Gasteiger partial charge in [-0.1, -0.05) is 141 Å². The van der Waals surface area contributed by atoms with Crippen molar-refractivity contribution in [2.24, 2.45) is 0 Å². The van der Waals surface area contributed by atoms with E-state index < -0.39 is 0 Å². The molecule has 0 aliphatic carbocycles. The van der Waals surface area contributed by atoms with Gasteiger partial charge >= 0.3 is 0 Å². The first-order chi connectivity index (χ1) is 12.7. The largest absolute Gasteiger partial charge is 0.0956 e. The molecule has 0 rings (SSSR count). The average Bonchev–Trinajstić information content (AvgIpc) is 2.65. The summed E-state index contributed by atoms with van der Waals surface area (Å²) in [6, 6.07) is 0. The fourth-order valence-corrected chi connectivity index (χ4v) is 3.65. The Balaban J connectivity index is 3.34. The molecule has 0 unspecified atom stereocenters. The van der Waals surface area contributed by atoms with Crippen LogP contribution in [0.4, 0.5) is 0 Å². The van der Waals surface area contributed by atoms with Crippen LogP contribution >= 0.6 is 0 Å². The van der Waals surface area contributed by atoms with Gasteiger partial charge in [-0.2, -0.15) is 0 Å². The summed E-state index contributed by atoms with van der Waals surface area (Å²) in [4.78, 5) is 0. The van der Waals surface area contributed by atoms with E-state index in [0.29, 0.717) is 0 Å². The van der Waals surface area contributed by atoms with Gasteiger partial charge in [0.2, 0.25) is 0 Å². The maximum absolute atomic E-state index is 4.28. The molecular formula is C26H50. The highest BCUT2D eigenvalue weighted by Gasteiger charge is 2.01. The average molecular weight is 363 g/mol. The number of unbranched alkanes of at least 4 members (excludes halogenated alkanes) is 16. The van der Waals surface area contributed by atoms with E-state index >= 15 is 0 Å². The lowest BCUT2D eigenvalue weighted by atomic mass is 9.97. The molecule has 0 nitrogen and oxygen atoms in total. The van der Waals surface area contributed by atoms with Gasteiger partial charge in [-0.25, -0.2) is 0 Å². The molecule has 0 saturated heterocycles. The lowest BCUT2D eigenvalue weighted by Crippen LogP contribution is -1.90. The Hall–Kier alpha value is -0.520. The predicted molar refractivity (Wildman–Crippen MR) is 122 cm³/mol. The Labute approximate surface area is 166 Å². The smallest absolute Gasteiger partial charge is 0.0282 e. The molecule has 0 N–H and O–H groups in total. The normalized spacial score (nSPS) is 11.0. The zero-order valence-electron chi connectivity index (χ0n) is 18.6. The van der Waals surface area contributed by atoms with Crippen LogP contribution in [0.1, 0.15) is 142 Å². The quantitative estimate of drug-likeness (QED) is 0.141. The van der Waals surface area contributed by atoms with E-state index in [1.54, 1.807) is 0 Å². The summed E-state index contributed by atoms with van der Waals surface area (Å²) in [5.41, 5.74) is 2.65. The van der Waals surface area contributed by atoms with Crippen molar-refractivity contribution in [1.82, 2.24) is 0 Å². The first kappa shape index (κ1) is 25.5. The summed E-state index contributed by atoms with van der Waals surface area (Å²) >= 11 is 0. The zero-order valence-corrected chi connectivity index (χ0v) is 18.6. The van der Waals surface area contributed by atoms with Gasteiger partial charge in [0.1, 0.15) is 0 Å².